The van der Waals surface area contributed by atoms with Gasteiger partial charge in [-0.25, -0.2) is 0 Å². The predicted molar refractivity (Wildman–Crippen MR) is 98.4 cm³/mol. The van der Waals surface area contributed by atoms with Gasteiger partial charge in [0.15, 0.2) is 11.5 Å². The van der Waals surface area contributed by atoms with Gasteiger partial charge in [0.2, 0.25) is 0 Å². The summed E-state index contributed by atoms with van der Waals surface area (Å²) in [5, 5.41) is 0. The molecule has 2 aliphatic heterocycles. The van der Waals surface area contributed by atoms with Crippen LogP contribution in [0.25, 0.3) is 0 Å². The highest BCUT2D eigenvalue weighted by Crippen LogP contribution is 2.51. The van der Waals surface area contributed by atoms with E-state index < -0.39 is 6.48 Å². The topological polar surface area (TPSA) is 46.2 Å². The lowest BCUT2D eigenvalue weighted by Crippen LogP contribution is -2.24. The molecule has 0 bridgehead atoms. The van der Waals surface area contributed by atoms with Crippen molar-refractivity contribution in [2.24, 2.45) is 5.41 Å². The molecule has 2 heterocycles. The fourth-order valence-corrected chi connectivity index (χ4v) is 3.87. The van der Waals surface area contributed by atoms with E-state index in [9.17, 15) is 0 Å². The second-order valence-corrected chi connectivity index (χ2v) is 8.13. The van der Waals surface area contributed by atoms with Gasteiger partial charge in [0.25, 0.3) is 0 Å². The van der Waals surface area contributed by atoms with Gasteiger partial charge >= 0.3 is 6.48 Å². The summed E-state index contributed by atoms with van der Waals surface area (Å²) in [5.41, 5.74) is 0.0137. The Labute approximate surface area is 157 Å². The average Bonchev–Trinajstić information content (AvgIpc) is 3.05. The molecule has 0 fully saturated rings. The Balaban J connectivity index is 1.77. The van der Waals surface area contributed by atoms with Crippen molar-refractivity contribution in [3.05, 3.63) is 36.4 Å². The van der Waals surface area contributed by atoms with E-state index in [0.29, 0.717) is 24.7 Å². The van der Waals surface area contributed by atoms with Crippen LogP contribution in [-0.4, -0.2) is 26.8 Å². The summed E-state index contributed by atoms with van der Waals surface area (Å²) in [5.74, 6) is 2.94. The average molecular weight is 374 g/mol. The monoisotopic (exact) mass is 374 g/mol. The van der Waals surface area contributed by atoms with E-state index >= 15 is 0 Å². The largest absolute Gasteiger partial charge is 0.492 e. The van der Waals surface area contributed by atoms with E-state index in [1.54, 1.807) is 18.9 Å². The van der Waals surface area contributed by atoms with Crippen LogP contribution >= 0.6 is 11.8 Å². The van der Waals surface area contributed by atoms with Gasteiger partial charge in [-0.1, -0.05) is 37.7 Å². The second-order valence-electron chi connectivity index (χ2n) is 7.08. The first-order valence-electron chi connectivity index (χ1n) is 8.61. The third-order valence-electron chi connectivity index (χ3n) is 4.39. The van der Waals surface area contributed by atoms with E-state index in [0.717, 1.165) is 27.7 Å². The van der Waals surface area contributed by atoms with Crippen molar-refractivity contribution in [2.75, 3.05) is 20.3 Å². The minimum absolute atomic E-state index is 0.0137. The second kappa shape index (κ2) is 6.93. The Morgan fingerprint density at radius 1 is 1.00 bits per heavy atom. The maximum Gasteiger partial charge on any atom is 0.360 e. The molecule has 0 aromatic heterocycles. The van der Waals surface area contributed by atoms with Gasteiger partial charge in [-0.05, 0) is 30.7 Å². The number of hydrogen-bond donors (Lipinski definition) is 0. The van der Waals surface area contributed by atoms with Crippen molar-refractivity contribution in [1.29, 1.82) is 0 Å². The van der Waals surface area contributed by atoms with Crippen molar-refractivity contribution in [3.8, 4) is 23.0 Å². The van der Waals surface area contributed by atoms with Crippen LogP contribution in [-0.2, 0) is 4.74 Å². The molecule has 0 spiro atoms. The molecule has 2 aromatic carbocycles. The first-order chi connectivity index (χ1) is 12.6. The normalized spacial score (nSPS) is 20.8. The van der Waals surface area contributed by atoms with Crippen LogP contribution in [0.1, 0.15) is 20.3 Å². The third-order valence-corrected chi connectivity index (χ3v) is 5.53. The van der Waals surface area contributed by atoms with Crippen molar-refractivity contribution in [1.82, 2.24) is 0 Å². The molecule has 0 saturated carbocycles. The highest BCUT2D eigenvalue weighted by Gasteiger charge is 2.31. The summed E-state index contributed by atoms with van der Waals surface area (Å²) >= 11 is 1.56. The van der Waals surface area contributed by atoms with Crippen molar-refractivity contribution in [3.63, 3.8) is 0 Å². The standard InChI is InChI=1S/C20H22O5S/c1-20(2)10-11-22-15-9-8-14-17(25-19(21-3)24-14)18(15)26-16-7-5-4-6-13(16)23-12-20/h4-9,19H,10-12H2,1-3H3. The van der Waals surface area contributed by atoms with Crippen LogP contribution in [0, 0.1) is 5.41 Å². The molecular formula is C20H22O5S. The predicted octanol–water partition coefficient (Wildman–Crippen LogP) is 4.73. The van der Waals surface area contributed by atoms with E-state index in [1.807, 2.05) is 36.4 Å². The van der Waals surface area contributed by atoms with E-state index in [1.165, 1.54) is 0 Å². The molecule has 2 aliphatic rings. The van der Waals surface area contributed by atoms with Crippen molar-refractivity contribution < 1.29 is 23.7 Å². The SMILES string of the molecule is COC1Oc2ccc3c(c2O1)Sc1ccccc1OCC(C)(C)CCO3. The minimum Gasteiger partial charge on any atom is -0.492 e. The highest BCUT2D eigenvalue weighted by molar-refractivity contribution is 7.99. The van der Waals surface area contributed by atoms with Crippen LogP contribution in [0.2, 0.25) is 0 Å². The number of rotatable bonds is 1. The molecule has 5 nitrogen and oxygen atoms in total. The van der Waals surface area contributed by atoms with E-state index in [4.69, 9.17) is 23.7 Å². The summed E-state index contributed by atoms with van der Waals surface area (Å²) in [6.45, 7) is 4.88. The quantitative estimate of drug-likeness (QED) is 0.719. The van der Waals surface area contributed by atoms with E-state index in [2.05, 4.69) is 13.8 Å². The van der Waals surface area contributed by atoms with E-state index in [-0.39, 0.29) is 5.41 Å². The van der Waals surface area contributed by atoms with Gasteiger partial charge in [-0.3, -0.25) is 0 Å². The molecule has 0 N–H and O–H groups in total. The first-order valence-corrected chi connectivity index (χ1v) is 9.43. The van der Waals surface area contributed by atoms with Crippen molar-refractivity contribution >= 4 is 11.8 Å². The van der Waals surface area contributed by atoms with Gasteiger partial charge in [0.1, 0.15) is 16.4 Å². The number of methoxy groups -OCH3 is 1. The Kier molecular flexibility index (Phi) is 4.63. The van der Waals surface area contributed by atoms with Gasteiger partial charge in [0.05, 0.1) is 18.1 Å². The van der Waals surface area contributed by atoms with Crippen molar-refractivity contribution in [2.45, 2.75) is 36.5 Å². The lowest BCUT2D eigenvalue weighted by molar-refractivity contribution is -0.158. The zero-order valence-corrected chi connectivity index (χ0v) is 15.9. The molecule has 138 valence electrons. The molecule has 1 unspecified atom stereocenters. The molecule has 26 heavy (non-hydrogen) atoms. The number of ether oxygens (including phenoxy) is 5. The molecule has 0 aliphatic carbocycles. The highest BCUT2D eigenvalue weighted by atomic mass is 32.2. The molecule has 0 amide bonds. The van der Waals surface area contributed by atoms with Crippen LogP contribution < -0.4 is 18.9 Å². The van der Waals surface area contributed by atoms with Crippen LogP contribution in [0.15, 0.2) is 46.2 Å². The summed E-state index contributed by atoms with van der Waals surface area (Å²) in [6.07, 6.45) is 0.883. The van der Waals surface area contributed by atoms with Gasteiger partial charge < -0.3 is 23.7 Å². The van der Waals surface area contributed by atoms with Gasteiger partial charge in [-0.2, -0.15) is 0 Å². The van der Waals surface area contributed by atoms with Crippen LogP contribution in [0.4, 0.5) is 0 Å². The lowest BCUT2D eigenvalue weighted by Gasteiger charge is -2.24. The Hall–Kier alpha value is -2.05. The van der Waals surface area contributed by atoms with Crippen LogP contribution in [0.5, 0.6) is 23.0 Å². The zero-order chi connectivity index (χ0) is 18.1. The molecule has 1 atom stereocenters. The third kappa shape index (κ3) is 3.44. The number of para-hydroxylation sites is 1. The Morgan fingerprint density at radius 3 is 2.65 bits per heavy atom. The molecule has 0 saturated heterocycles. The maximum atomic E-state index is 6.14. The Morgan fingerprint density at radius 2 is 1.81 bits per heavy atom. The number of fused-ring (bicyclic) bond motifs is 4. The molecule has 4 rings (SSSR count). The summed E-state index contributed by atoms with van der Waals surface area (Å²) in [7, 11) is 1.55. The fourth-order valence-electron chi connectivity index (χ4n) is 2.81. The Bertz CT molecular complexity index is 805. The molecule has 2 aromatic rings. The summed E-state index contributed by atoms with van der Waals surface area (Å²) < 4.78 is 28.9. The zero-order valence-electron chi connectivity index (χ0n) is 15.1. The number of benzene rings is 2. The fraction of sp³-hybridized carbons (Fsp3) is 0.400. The summed E-state index contributed by atoms with van der Waals surface area (Å²) in [6, 6.07) is 11.8. The van der Waals surface area contributed by atoms with Gasteiger partial charge in [0, 0.05) is 12.5 Å². The lowest BCUT2D eigenvalue weighted by atomic mass is 9.91. The first kappa shape index (κ1) is 17.4. The van der Waals surface area contributed by atoms with Crippen LogP contribution in [0.3, 0.4) is 0 Å². The molecular weight excluding hydrogens is 352 g/mol. The summed E-state index contributed by atoms with van der Waals surface area (Å²) in [4.78, 5) is 1.88. The smallest absolute Gasteiger partial charge is 0.360 e. The maximum absolute atomic E-state index is 6.14. The van der Waals surface area contributed by atoms with Gasteiger partial charge in [-0.15, -0.1) is 0 Å². The molecule has 6 heteroatoms. The minimum atomic E-state index is -0.735. The molecule has 0 radical (unpaired) electrons. The number of hydrogen-bond acceptors (Lipinski definition) is 6.